The minimum Gasteiger partial charge on any atom is -0.494 e. The van der Waals surface area contributed by atoms with Crippen LogP contribution in [0.25, 0.3) is 0 Å². The lowest BCUT2D eigenvalue weighted by molar-refractivity contribution is 0.314. The van der Waals surface area contributed by atoms with Crippen LogP contribution in [0.15, 0.2) is 42.6 Å². The third kappa shape index (κ3) is 4.76. The molecular weight excluding hydrogens is 254 g/mol. The molecule has 106 valence electrons. The molecule has 0 unspecified atom stereocenters. The van der Waals surface area contributed by atoms with Gasteiger partial charge in [-0.3, -0.25) is 0 Å². The maximum atomic E-state index is 5.60. The number of hydrogen-bond donors (Lipinski definition) is 1. The first kappa shape index (κ1) is 14.1. The van der Waals surface area contributed by atoms with E-state index < -0.39 is 0 Å². The molecule has 5 heteroatoms. The van der Waals surface area contributed by atoms with Gasteiger partial charge >= 0.3 is 0 Å². The second-order valence-electron chi connectivity index (χ2n) is 4.09. The maximum absolute atomic E-state index is 5.60. The molecular formula is C15H19N3O2. The Morgan fingerprint density at radius 2 is 1.95 bits per heavy atom. The van der Waals surface area contributed by atoms with Crippen LogP contribution in [0.1, 0.15) is 13.3 Å². The van der Waals surface area contributed by atoms with Crippen molar-refractivity contribution in [2.45, 2.75) is 13.3 Å². The van der Waals surface area contributed by atoms with E-state index in [1.54, 1.807) is 12.3 Å². The Balaban J connectivity index is 1.67. The Morgan fingerprint density at radius 1 is 1.10 bits per heavy atom. The number of benzene rings is 1. The van der Waals surface area contributed by atoms with E-state index in [0.29, 0.717) is 25.0 Å². The minimum atomic E-state index is 0.579. The number of nitrogens with one attached hydrogen (secondary N) is 1. The number of anilines is 1. The average Bonchev–Trinajstić information content (AvgIpc) is 2.49. The lowest BCUT2D eigenvalue weighted by atomic mass is 10.3. The topological polar surface area (TPSA) is 56.3 Å². The second-order valence-corrected chi connectivity index (χ2v) is 4.09. The van der Waals surface area contributed by atoms with Gasteiger partial charge in [-0.2, -0.15) is 4.98 Å². The zero-order chi connectivity index (χ0) is 14.0. The van der Waals surface area contributed by atoms with Gasteiger partial charge in [0, 0.05) is 18.8 Å². The van der Waals surface area contributed by atoms with Crippen molar-refractivity contribution in [2.24, 2.45) is 0 Å². The third-order valence-corrected chi connectivity index (χ3v) is 2.54. The largest absolute Gasteiger partial charge is 0.494 e. The number of nitrogens with zero attached hydrogens (tertiary/aromatic N) is 2. The van der Waals surface area contributed by atoms with Gasteiger partial charge < -0.3 is 14.8 Å². The van der Waals surface area contributed by atoms with Crippen molar-refractivity contribution in [1.29, 1.82) is 0 Å². The highest BCUT2D eigenvalue weighted by Gasteiger charge is 1.99. The predicted molar refractivity (Wildman–Crippen MR) is 78.2 cm³/mol. The van der Waals surface area contributed by atoms with E-state index in [4.69, 9.17) is 9.47 Å². The number of para-hydroxylation sites is 1. The summed E-state index contributed by atoms with van der Waals surface area (Å²) in [5, 5.41) is 3.15. The molecule has 20 heavy (non-hydrogen) atoms. The molecule has 0 aliphatic carbocycles. The lowest BCUT2D eigenvalue weighted by Gasteiger charge is -2.08. The molecule has 0 fully saturated rings. The van der Waals surface area contributed by atoms with Crippen LogP contribution in [0.4, 0.5) is 5.95 Å². The molecule has 0 atom stereocenters. The third-order valence-electron chi connectivity index (χ3n) is 2.54. The van der Waals surface area contributed by atoms with E-state index in [0.717, 1.165) is 18.7 Å². The molecule has 0 spiro atoms. The van der Waals surface area contributed by atoms with Crippen molar-refractivity contribution < 1.29 is 9.47 Å². The highest BCUT2D eigenvalue weighted by Crippen LogP contribution is 2.09. The van der Waals surface area contributed by atoms with Crippen molar-refractivity contribution in [3.8, 4) is 11.6 Å². The SMILES string of the molecule is CCOc1ccnc(NCCCOc2ccccc2)n1. The molecule has 1 N–H and O–H groups in total. The quantitative estimate of drug-likeness (QED) is 0.749. The van der Waals surface area contributed by atoms with Crippen LogP contribution in [-0.2, 0) is 0 Å². The smallest absolute Gasteiger partial charge is 0.225 e. The van der Waals surface area contributed by atoms with Gasteiger partial charge in [-0.25, -0.2) is 4.98 Å². The molecule has 0 saturated heterocycles. The van der Waals surface area contributed by atoms with Crippen molar-refractivity contribution in [3.63, 3.8) is 0 Å². The fourth-order valence-corrected chi connectivity index (χ4v) is 1.63. The highest BCUT2D eigenvalue weighted by atomic mass is 16.5. The van der Waals surface area contributed by atoms with Crippen LogP contribution < -0.4 is 14.8 Å². The summed E-state index contributed by atoms with van der Waals surface area (Å²) in [4.78, 5) is 8.37. The van der Waals surface area contributed by atoms with Gasteiger partial charge in [0.05, 0.1) is 13.2 Å². The van der Waals surface area contributed by atoms with E-state index in [1.165, 1.54) is 0 Å². The van der Waals surface area contributed by atoms with Gasteiger partial charge in [-0.05, 0) is 25.5 Å². The summed E-state index contributed by atoms with van der Waals surface area (Å²) in [5.74, 6) is 2.06. The minimum absolute atomic E-state index is 0.579. The zero-order valence-corrected chi connectivity index (χ0v) is 11.6. The number of ether oxygens (including phenoxy) is 2. The predicted octanol–water partition coefficient (Wildman–Crippen LogP) is 2.76. The Labute approximate surface area is 119 Å². The molecule has 1 aromatic carbocycles. The van der Waals surface area contributed by atoms with E-state index in [9.17, 15) is 0 Å². The first-order chi connectivity index (χ1) is 9.88. The van der Waals surface area contributed by atoms with E-state index >= 15 is 0 Å². The highest BCUT2D eigenvalue weighted by molar-refractivity contribution is 5.27. The Morgan fingerprint density at radius 3 is 2.75 bits per heavy atom. The molecule has 0 saturated carbocycles. The van der Waals surface area contributed by atoms with Crippen LogP contribution in [0.5, 0.6) is 11.6 Å². The van der Waals surface area contributed by atoms with Crippen LogP contribution in [0.2, 0.25) is 0 Å². The molecule has 0 aliphatic heterocycles. The summed E-state index contributed by atoms with van der Waals surface area (Å²) < 4.78 is 10.9. The zero-order valence-electron chi connectivity index (χ0n) is 11.6. The molecule has 1 heterocycles. The fourth-order valence-electron chi connectivity index (χ4n) is 1.63. The first-order valence-corrected chi connectivity index (χ1v) is 6.76. The van der Waals surface area contributed by atoms with Gasteiger partial charge in [0.1, 0.15) is 5.75 Å². The normalized spacial score (nSPS) is 10.1. The van der Waals surface area contributed by atoms with Gasteiger partial charge in [0.2, 0.25) is 11.8 Å². The first-order valence-electron chi connectivity index (χ1n) is 6.76. The fraction of sp³-hybridized carbons (Fsp3) is 0.333. The second kappa shape index (κ2) is 7.99. The van der Waals surface area contributed by atoms with Crippen LogP contribution in [0.3, 0.4) is 0 Å². The van der Waals surface area contributed by atoms with Crippen molar-refractivity contribution in [2.75, 3.05) is 25.1 Å². The molecule has 5 nitrogen and oxygen atoms in total. The molecule has 0 radical (unpaired) electrons. The van der Waals surface area contributed by atoms with Gasteiger partial charge in [0.15, 0.2) is 0 Å². The molecule has 1 aromatic heterocycles. The van der Waals surface area contributed by atoms with Gasteiger partial charge in [-0.1, -0.05) is 18.2 Å². The van der Waals surface area contributed by atoms with Crippen LogP contribution in [0, 0.1) is 0 Å². The molecule has 0 amide bonds. The van der Waals surface area contributed by atoms with Crippen LogP contribution in [-0.4, -0.2) is 29.7 Å². The summed E-state index contributed by atoms with van der Waals surface area (Å²) in [7, 11) is 0. The van der Waals surface area contributed by atoms with Gasteiger partial charge in [-0.15, -0.1) is 0 Å². The summed E-state index contributed by atoms with van der Waals surface area (Å²) >= 11 is 0. The van der Waals surface area contributed by atoms with Crippen molar-refractivity contribution >= 4 is 5.95 Å². The van der Waals surface area contributed by atoms with Gasteiger partial charge in [0.25, 0.3) is 0 Å². The molecule has 2 rings (SSSR count). The Hall–Kier alpha value is -2.30. The Bertz CT molecular complexity index is 505. The van der Waals surface area contributed by atoms with Crippen LogP contribution >= 0.6 is 0 Å². The summed E-state index contributed by atoms with van der Waals surface area (Å²) in [6.07, 6.45) is 2.55. The maximum Gasteiger partial charge on any atom is 0.225 e. The lowest BCUT2D eigenvalue weighted by Crippen LogP contribution is -2.09. The summed E-state index contributed by atoms with van der Waals surface area (Å²) in [6, 6.07) is 11.5. The molecule has 0 bridgehead atoms. The number of aromatic nitrogens is 2. The van der Waals surface area contributed by atoms with E-state index in [-0.39, 0.29) is 0 Å². The molecule has 2 aromatic rings. The molecule has 0 aliphatic rings. The number of hydrogen-bond acceptors (Lipinski definition) is 5. The monoisotopic (exact) mass is 273 g/mol. The number of rotatable bonds is 8. The summed E-state index contributed by atoms with van der Waals surface area (Å²) in [5.41, 5.74) is 0. The summed E-state index contributed by atoms with van der Waals surface area (Å²) in [6.45, 7) is 3.93. The Kier molecular flexibility index (Phi) is 5.64. The van der Waals surface area contributed by atoms with E-state index in [2.05, 4.69) is 15.3 Å². The van der Waals surface area contributed by atoms with Crippen molar-refractivity contribution in [3.05, 3.63) is 42.6 Å². The standard InChI is InChI=1S/C15H19N3O2/c1-2-19-14-9-11-17-15(18-14)16-10-6-12-20-13-7-4-3-5-8-13/h3-5,7-9,11H,2,6,10,12H2,1H3,(H,16,17,18). The van der Waals surface area contributed by atoms with E-state index in [1.807, 2.05) is 37.3 Å². The van der Waals surface area contributed by atoms with Crippen molar-refractivity contribution in [1.82, 2.24) is 9.97 Å². The average molecular weight is 273 g/mol.